The Bertz CT molecular complexity index is 142. The van der Waals surface area contributed by atoms with Crippen LogP contribution in [0.15, 0.2) is 0 Å². The van der Waals surface area contributed by atoms with Crippen LogP contribution in [0, 0.1) is 0 Å². The molecule has 0 saturated carbocycles. The van der Waals surface area contributed by atoms with Crippen LogP contribution in [0.2, 0.25) is 0 Å². The molecule has 2 atom stereocenters. The molecule has 4 heteroatoms. The van der Waals surface area contributed by atoms with Gasteiger partial charge in [0.15, 0.2) is 0 Å². The van der Waals surface area contributed by atoms with Crippen molar-refractivity contribution in [1.29, 1.82) is 0 Å². The van der Waals surface area contributed by atoms with E-state index in [2.05, 4.69) is 18.9 Å². The van der Waals surface area contributed by atoms with Crippen molar-refractivity contribution < 1.29 is 13.5 Å². The highest BCUT2D eigenvalue weighted by molar-refractivity contribution is 4.80. The van der Waals surface area contributed by atoms with Crippen LogP contribution in [-0.4, -0.2) is 44.2 Å². The minimum absolute atomic E-state index is 0.396. The molecule has 0 bridgehead atoms. The van der Waals surface area contributed by atoms with Crippen molar-refractivity contribution in [1.82, 2.24) is 4.90 Å². The highest BCUT2D eigenvalue weighted by Gasteiger charge is 2.25. The lowest BCUT2D eigenvalue weighted by molar-refractivity contribution is 0.0531. The average Bonchev–Trinajstić information content (AvgIpc) is 2.65. The third kappa shape index (κ3) is 9.04. The summed E-state index contributed by atoms with van der Waals surface area (Å²) in [7, 11) is 3.96. The fraction of sp³-hybridized carbons (Fsp3) is 1.00. The Hall–Kier alpha value is -0.220. The minimum Gasteiger partial charge on any atom is -0.380 e. The average molecular weight is 239 g/mol. The SMILES string of the molecule is CC.CC(F)F.CO[C@@H](C)[C@@H]1CCCN1C. The minimum atomic E-state index is -2.17. The first-order valence-corrected chi connectivity index (χ1v) is 6.00. The van der Waals surface area contributed by atoms with E-state index in [1.807, 2.05) is 13.8 Å². The van der Waals surface area contributed by atoms with Crippen LogP contribution in [0.4, 0.5) is 8.78 Å². The van der Waals surface area contributed by atoms with Crippen molar-refractivity contribution in [3.63, 3.8) is 0 Å². The molecule has 0 aromatic carbocycles. The first-order chi connectivity index (χ1) is 7.49. The summed E-state index contributed by atoms with van der Waals surface area (Å²) in [5.74, 6) is 0. The highest BCUT2D eigenvalue weighted by Crippen LogP contribution is 2.18. The van der Waals surface area contributed by atoms with Crippen LogP contribution >= 0.6 is 0 Å². The van der Waals surface area contributed by atoms with Gasteiger partial charge in [-0.05, 0) is 40.3 Å². The molecule has 1 fully saturated rings. The molecule has 1 aliphatic rings. The standard InChI is InChI=1S/C8H17NO.C2H4F2.C2H6/c1-7(10-3)8-5-4-6-9(8)2;1-2(3)4;1-2/h7-8H,4-6H2,1-3H3;2H,1H3;1-2H3/t7-,8-;;/m0../s1. The summed E-state index contributed by atoms with van der Waals surface area (Å²) >= 11 is 0. The van der Waals surface area contributed by atoms with Gasteiger partial charge in [0.2, 0.25) is 6.43 Å². The van der Waals surface area contributed by atoms with Crippen LogP contribution in [0.3, 0.4) is 0 Å². The van der Waals surface area contributed by atoms with Gasteiger partial charge in [-0.3, -0.25) is 0 Å². The van der Waals surface area contributed by atoms with Crippen LogP contribution in [0.5, 0.6) is 0 Å². The van der Waals surface area contributed by atoms with E-state index in [1.54, 1.807) is 7.11 Å². The smallest absolute Gasteiger partial charge is 0.235 e. The second-order valence-corrected chi connectivity index (χ2v) is 3.65. The van der Waals surface area contributed by atoms with Crippen LogP contribution < -0.4 is 0 Å². The number of hydrogen-bond donors (Lipinski definition) is 0. The molecule has 1 aliphatic heterocycles. The maximum atomic E-state index is 10.3. The topological polar surface area (TPSA) is 12.5 Å². The molecule has 1 heterocycles. The van der Waals surface area contributed by atoms with Crippen LogP contribution in [0.25, 0.3) is 0 Å². The lowest BCUT2D eigenvalue weighted by atomic mass is 10.1. The molecule has 100 valence electrons. The van der Waals surface area contributed by atoms with E-state index in [9.17, 15) is 8.78 Å². The maximum Gasteiger partial charge on any atom is 0.235 e. The molecule has 0 amide bonds. The van der Waals surface area contributed by atoms with Crippen molar-refractivity contribution in [3.8, 4) is 0 Å². The predicted octanol–water partition coefficient (Wildman–Crippen LogP) is 3.41. The number of ether oxygens (including phenoxy) is 1. The van der Waals surface area contributed by atoms with Crippen LogP contribution in [-0.2, 0) is 4.74 Å². The van der Waals surface area contributed by atoms with Gasteiger partial charge in [0.05, 0.1) is 6.10 Å². The normalized spacial score (nSPS) is 21.9. The first-order valence-electron chi connectivity index (χ1n) is 6.00. The van der Waals surface area contributed by atoms with E-state index in [4.69, 9.17) is 4.74 Å². The number of hydrogen-bond acceptors (Lipinski definition) is 2. The fourth-order valence-corrected chi connectivity index (χ4v) is 1.69. The molecule has 0 radical (unpaired) electrons. The lowest BCUT2D eigenvalue weighted by Crippen LogP contribution is -2.35. The van der Waals surface area contributed by atoms with Gasteiger partial charge >= 0.3 is 0 Å². The number of rotatable bonds is 2. The molecule has 1 rings (SSSR count). The van der Waals surface area contributed by atoms with Crippen molar-refractivity contribution in [3.05, 3.63) is 0 Å². The third-order valence-electron chi connectivity index (χ3n) is 2.49. The first kappa shape index (κ1) is 18.2. The molecule has 0 aromatic rings. The molecule has 0 N–H and O–H groups in total. The van der Waals surface area contributed by atoms with Gasteiger partial charge in [0.25, 0.3) is 0 Å². The zero-order valence-corrected chi connectivity index (χ0v) is 11.5. The number of nitrogens with zero attached hydrogens (tertiary/aromatic N) is 1. The van der Waals surface area contributed by atoms with Crippen LogP contribution in [0.1, 0.15) is 40.5 Å². The number of methoxy groups -OCH3 is 1. The summed E-state index contributed by atoms with van der Waals surface area (Å²) in [5, 5.41) is 0. The highest BCUT2D eigenvalue weighted by atomic mass is 19.3. The number of halogens is 2. The van der Waals surface area contributed by atoms with Crippen molar-refractivity contribution in [2.75, 3.05) is 20.7 Å². The van der Waals surface area contributed by atoms with E-state index in [0.29, 0.717) is 12.1 Å². The lowest BCUT2D eigenvalue weighted by Gasteiger charge is -2.24. The van der Waals surface area contributed by atoms with Gasteiger partial charge in [-0.2, -0.15) is 0 Å². The molecular formula is C12H27F2NO. The summed E-state index contributed by atoms with van der Waals surface area (Å²) in [6.07, 6.45) is 0.855. The van der Waals surface area contributed by atoms with Gasteiger partial charge in [-0.25, -0.2) is 8.78 Å². The van der Waals surface area contributed by atoms with Crippen molar-refractivity contribution in [2.24, 2.45) is 0 Å². The van der Waals surface area contributed by atoms with Gasteiger partial charge in [0, 0.05) is 13.2 Å². The molecule has 0 aliphatic carbocycles. The quantitative estimate of drug-likeness (QED) is 0.732. The Labute approximate surface area is 99.0 Å². The molecule has 0 spiro atoms. The largest absolute Gasteiger partial charge is 0.380 e. The van der Waals surface area contributed by atoms with E-state index >= 15 is 0 Å². The molecular weight excluding hydrogens is 212 g/mol. The monoisotopic (exact) mass is 239 g/mol. The number of likely N-dealkylation sites (tertiary alicyclic amines) is 1. The second kappa shape index (κ2) is 11.3. The molecule has 1 saturated heterocycles. The number of likely N-dealkylation sites (N-methyl/N-ethyl adjacent to an activating group) is 1. The van der Waals surface area contributed by atoms with Gasteiger partial charge < -0.3 is 9.64 Å². The maximum absolute atomic E-state index is 10.3. The zero-order chi connectivity index (χ0) is 13.1. The summed E-state index contributed by atoms with van der Waals surface area (Å²) in [6.45, 7) is 8.21. The van der Waals surface area contributed by atoms with Gasteiger partial charge in [0.1, 0.15) is 0 Å². The summed E-state index contributed by atoms with van der Waals surface area (Å²) in [4.78, 5) is 2.38. The molecule has 0 unspecified atom stereocenters. The Morgan fingerprint density at radius 3 is 1.94 bits per heavy atom. The molecule has 2 nitrogen and oxygen atoms in total. The zero-order valence-electron chi connectivity index (χ0n) is 11.5. The van der Waals surface area contributed by atoms with E-state index in [0.717, 1.165) is 6.92 Å². The Balaban J connectivity index is 0. The summed E-state index contributed by atoms with van der Waals surface area (Å²) in [5.41, 5.74) is 0. The fourth-order valence-electron chi connectivity index (χ4n) is 1.69. The second-order valence-electron chi connectivity index (χ2n) is 3.65. The Morgan fingerprint density at radius 1 is 1.25 bits per heavy atom. The van der Waals surface area contributed by atoms with Gasteiger partial charge in [-0.15, -0.1) is 0 Å². The third-order valence-corrected chi connectivity index (χ3v) is 2.49. The van der Waals surface area contributed by atoms with Crippen molar-refractivity contribution in [2.45, 2.75) is 59.1 Å². The predicted molar refractivity (Wildman–Crippen MR) is 65.1 cm³/mol. The van der Waals surface area contributed by atoms with Crippen molar-refractivity contribution >= 4 is 0 Å². The summed E-state index contributed by atoms with van der Waals surface area (Å²) < 4.78 is 25.9. The van der Waals surface area contributed by atoms with E-state index in [-0.39, 0.29) is 0 Å². The van der Waals surface area contributed by atoms with E-state index < -0.39 is 6.43 Å². The molecule has 16 heavy (non-hydrogen) atoms. The Kier molecular flexibility index (Phi) is 12.8. The Morgan fingerprint density at radius 2 is 1.69 bits per heavy atom. The van der Waals surface area contributed by atoms with E-state index in [1.165, 1.54) is 19.4 Å². The summed E-state index contributed by atoms with van der Waals surface area (Å²) in [6, 6.07) is 0.657. The number of alkyl halides is 2. The molecule has 0 aromatic heterocycles. The van der Waals surface area contributed by atoms with Gasteiger partial charge in [-0.1, -0.05) is 13.8 Å².